The van der Waals surface area contributed by atoms with Gasteiger partial charge in [-0.2, -0.15) is 0 Å². The fourth-order valence-corrected chi connectivity index (χ4v) is 7.77. The van der Waals surface area contributed by atoms with E-state index >= 15 is 0 Å². The molecule has 3 unspecified atom stereocenters. The van der Waals surface area contributed by atoms with E-state index < -0.39 is 35.1 Å². The van der Waals surface area contributed by atoms with Crippen LogP contribution < -0.4 is 0 Å². The number of amides is 3. The summed E-state index contributed by atoms with van der Waals surface area (Å²) in [5.74, 6) is -2.05. The molecule has 0 aromatic rings. The van der Waals surface area contributed by atoms with Crippen LogP contribution in [-0.2, 0) is 23.9 Å². The molecule has 0 aromatic heterocycles. The van der Waals surface area contributed by atoms with Gasteiger partial charge in [0.15, 0.2) is 0 Å². The largest absolute Gasteiger partial charge is 0.394 e. The third-order valence-corrected chi connectivity index (χ3v) is 9.83. The fraction of sp³-hybridized carbons (Fsp3) is 0.774. The van der Waals surface area contributed by atoms with Gasteiger partial charge in [0.05, 0.1) is 43.3 Å². The van der Waals surface area contributed by atoms with Gasteiger partial charge >= 0.3 is 0 Å². The topological polar surface area (TPSA) is 103 Å². The van der Waals surface area contributed by atoms with Crippen molar-refractivity contribution < 1.29 is 29.0 Å². The minimum absolute atomic E-state index is 0.0493. The molecule has 0 aliphatic carbocycles. The molecular formula is C31H50N4O6. The van der Waals surface area contributed by atoms with Crippen LogP contribution in [0.3, 0.4) is 0 Å². The van der Waals surface area contributed by atoms with Gasteiger partial charge in [-0.05, 0) is 31.6 Å². The van der Waals surface area contributed by atoms with E-state index in [4.69, 9.17) is 9.47 Å². The Labute approximate surface area is 245 Å². The Hall–Kier alpha value is -2.27. The van der Waals surface area contributed by atoms with Gasteiger partial charge in [-0.25, -0.2) is 0 Å². The second-order valence-electron chi connectivity index (χ2n) is 12.9. The molecule has 4 heterocycles. The maximum atomic E-state index is 14.7. The van der Waals surface area contributed by atoms with Gasteiger partial charge in [0, 0.05) is 46.3 Å². The van der Waals surface area contributed by atoms with Gasteiger partial charge in [0.1, 0.15) is 11.6 Å². The second-order valence-corrected chi connectivity index (χ2v) is 12.9. The second kappa shape index (κ2) is 12.5. The van der Waals surface area contributed by atoms with Crippen LogP contribution in [0, 0.1) is 23.7 Å². The van der Waals surface area contributed by atoms with Gasteiger partial charge in [-0.1, -0.05) is 32.9 Å². The molecule has 4 rings (SSSR count). The number of aliphatic hydroxyl groups excluding tert-OH is 1. The van der Waals surface area contributed by atoms with Gasteiger partial charge in [-0.15, -0.1) is 13.2 Å². The monoisotopic (exact) mass is 574 g/mol. The van der Waals surface area contributed by atoms with Crippen molar-refractivity contribution in [1.29, 1.82) is 0 Å². The van der Waals surface area contributed by atoms with Crippen LogP contribution in [0.5, 0.6) is 0 Å². The summed E-state index contributed by atoms with van der Waals surface area (Å²) in [5.41, 5.74) is -2.04. The molecule has 230 valence electrons. The van der Waals surface area contributed by atoms with Crippen LogP contribution in [0.25, 0.3) is 0 Å². The Balaban J connectivity index is 1.76. The van der Waals surface area contributed by atoms with Crippen molar-refractivity contribution in [3.8, 4) is 0 Å². The molecule has 2 bridgehead atoms. The quantitative estimate of drug-likeness (QED) is 0.332. The summed E-state index contributed by atoms with van der Waals surface area (Å²) in [6.45, 7) is 20.2. The zero-order valence-electron chi connectivity index (χ0n) is 25.6. The van der Waals surface area contributed by atoms with Crippen LogP contribution in [-0.4, -0.2) is 132 Å². The number of carbonyl (C=O) groups excluding carboxylic acids is 3. The number of nitrogens with zero attached hydrogens (tertiary/aromatic N) is 4. The summed E-state index contributed by atoms with van der Waals surface area (Å²) in [7, 11) is 1.71. The molecule has 41 heavy (non-hydrogen) atoms. The number of likely N-dealkylation sites (N-methyl/N-ethyl adjacent to an activating group) is 1. The lowest BCUT2D eigenvalue weighted by Crippen LogP contribution is -2.59. The van der Waals surface area contributed by atoms with E-state index in [1.165, 1.54) is 0 Å². The number of hydrogen-bond acceptors (Lipinski definition) is 7. The summed E-state index contributed by atoms with van der Waals surface area (Å²) in [5, 5.41) is 10.6. The predicted molar refractivity (Wildman–Crippen MR) is 156 cm³/mol. The van der Waals surface area contributed by atoms with Gasteiger partial charge in [-0.3, -0.25) is 19.3 Å². The first-order valence-corrected chi connectivity index (χ1v) is 15.2. The van der Waals surface area contributed by atoms with E-state index in [0.717, 1.165) is 13.1 Å². The zero-order chi connectivity index (χ0) is 30.1. The minimum Gasteiger partial charge on any atom is -0.394 e. The van der Waals surface area contributed by atoms with Crippen molar-refractivity contribution in [1.82, 2.24) is 19.6 Å². The van der Waals surface area contributed by atoms with Crippen molar-refractivity contribution in [3.05, 3.63) is 25.3 Å². The highest BCUT2D eigenvalue weighted by molar-refractivity contribution is 5.99. The van der Waals surface area contributed by atoms with Gasteiger partial charge in [0.25, 0.3) is 0 Å². The molecule has 7 atom stereocenters. The molecule has 10 heteroatoms. The maximum Gasteiger partial charge on any atom is 0.248 e. The highest BCUT2D eigenvalue weighted by Gasteiger charge is 2.80. The summed E-state index contributed by atoms with van der Waals surface area (Å²) in [4.78, 5) is 50.4. The fourth-order valence-electron chi connectivity index (χ4n) is 7.77. The summed E-state index contributed by atoms with van der Waals surface area (Å²) in [6, 6.07) is -1.50. The van der Waals surface area contributed by atoms with Crippen LogP contribution >= 0.6 is 0 Å². The first kappa shape index (κ1) is 31.7. The number of ether oxygens (including phenoxy) is 2. The van der Waals surface area contributed by atoms with E-state index in [1.54, 1.807) is 33.9 Å². The van der Waals surface area contributed by atoms with E-state index in [9.17, 15) is 19.5 Å². The molecule has 1 spiro atoms. The van der Waals surface area contributed by atoms with E-state index in [0.29, 0.717) is 52.2 Å². The number of morpholine rings is 1. The first-order chi connectivity index (χ1) is 19.5. The number of likely N-dealkylation sites (tertiary alicyclic amines) is 1. The van der Waals surface area contributed by atoms with E-state index in [1.807, 2.05) is 27.7 Å². The molecule has 4 aliphatic heterocycles. The molecule has 1 N–H and O–H groups in total. The van der Waals surface area contributed by atoms with Crippen LogP contribution in [0.4, 0.5) is 0 Å². The molecule has 4 saturated heterocycles. The lowest BCUT2D eigenvalue weighted by molar-refractivity contribution is -0.157. The van der Waals surface area contributed by atoms with Crippen LogP contribution in [0.1, 0.15) is 40.5 Å². The summed E-state index contributed by atoms with van der Waals surface area (Å²) >= 11 is 0. The molecule has 0 aromatic carbocycles. The van der Waals surface area contributed by atoms with Gasteiger partial charge < -0.3 is 29.3 Å². The third kappa shape index (κ3) is 5.48. The highest BCUT2D eigenvalue weighted by atomic mass is 16.5. The number of hydrogen-bond donors (Lipinski definition) is 1. The standard InChI is InChI=1S/C31H50N4O6/c1-8-10-32(7)27(37)24-25-28(38)35(23(20-36)18-21(3)4)26(31(25)19-22(5)30(24,6)41-31)29(39)34(11-9-2)13-12-33-14-16-40-17-15-33/h8-9,21-26,36H,1-2,10-20H2,3-7H3/t22?,23-,24+,25+,26?,30-,31?/m1/s1. The number of aliphatic hydroxyl groups is 1. The van der Waals surface area contributed by atoms with E-state index in [-0.39, 0.29) is 36.2 Å². The zero-order valence-corrected chi connectivity index (χ0v) is 25.6. The normalized spacial score (nSPS) is 33.6. The summed E-state index contributed by atoms with van der Waals surface area (Å²) in [6.07, 6.45) is 4.39. The molecule has 0 saturated carbocycles. The number of rotatable bonds is 13. The molecule has 10 nitrogen and oxygen atoms in total. The Bertz CT molecular complexity index is 1010. The Morgan fingerprint density at radius 1 is 1.17 bits per heavy atom. The molecule has 3 amide bonds. The number of carbonyl (C=O) groups is 3. The van der Waals surface area contributed by atoms with E-state index in [2.05, 4.69) is 18.1 Å². The lowest BCUT2D eigenvalue weighted by atomic mass is 9.62. The Kier molecular flexibility index (Phi) is 9.68. The van der Waals surface area contributed by atoms with Crippen molar-refractivity contribution in [2.24, 2.45) is 23.7 Å². The van der Waals surface area contributed by atoms with Crippen molar-refractivity contribution in [3.63, 3.8) is 0 Å². The Morgan fingerprint density at radius 3 is 2.41 bits per heavy atom. The van der Waals surface area contributed by atoms with Crippen LogP contribution in [0.15, 0.2) is 25.3 Å². The van der Waals surface area contributed by atoms with Gasteiger partial charge in [0.2, 0.25) is 17.7 Å². The number of fused-ring (bicyclic) bond motifs is 1. The minimum atomic E-state index is -1.15. The summed E-state index contributed by atoms with van der Waals surface area (Å²) < 4.78 is 12.4. The van der Waals surface area contributed by atoms with Crippen molar-refractivity contribution >= 4 is 17.7 Å². The highest BCUT2D eigenvalue weighted by Crippen LogP contribution is 2.65. The first-order valence-electron chi connectivity index (χ1n) is 15.2. The maximum absolute atomic E-state index is 14.7. The molecule has 4 aliphatic rings. The molecular weight excluding hydrogens is 524 g/mol. The van der Waals surface area contributed by atoms with Crippen LogP contribution in [0.2, 0.25) is 0 Å². The smallest absolute Gasteiger partial charge is 0.248 e. The SMILES string of the molecule is C=CCN(C)C(=O)[C@@H]1[C@H]2C(=O)N([C@@H](CO)CC(C)C)C(C(=O)N(CC=C)CCN3CCOCC3)C23CC(C)[C@@]1(C)O3. The van der Waals surface area contributed by atoms with Crippen molar-refractivity contribution in [2.75, 3.05) is 66.1 Å². The van der Waals surface area contributed by atoms with Crippen molar-refractivity contribution in [2.45, 2.75) is 63.8 Å². The Morgan fingerprint density at radius 2 is 1.83 bits per heavy atom. The molecule has 4 fully saturated rings. The third-order valence-electron chi connectivity index (χ3n) is 9.83. The average Bonchev–Trinajstić information content (AvgIpc) is 3.46. The predicted octanol–water partition coefficient (Wildman–Crippen LogP) is 1.40. The lowest BCUT2D eigenvalue weighted by Gasteiger charge is -2.40. The molecule has 0 radical (unpaired) electrons. The average molecular weight is 575 g/mol.